The van der Waals surface area contributed by atoms with E-state index in [0.717, 1.165) is 46.0 Å². The third-order valence-electron chi connectivity index (χ3n) is 7.44. The smallest absolute Gasteiger partial charge is 0.294 e. The molecule has 0 saturated carbocycles. The van der Waals surface area contributed by atoms with E-state index in [4.69, 9.17) is 0 Å². The maximum absolute atomic E-state index is 14.2. The van der Waals surface area contributed by atoms with E-state index in [2.05, 4.69) is 23.7 Å². The average Bonchev–Trinajstić information content (AvgIpc) is 3.48. The molecule has 1 atom stereocenters. The number of carbonyl (C=O) groups excluding carboxylic acids is 2. The van der Waals surface area contributed by atoms with Crippen molar-refractivity contribution in [2.45, 2.75) is 40.7 Å². The molecule has 1 amide bonds. The number of nitrogens with zero attached hydrogens (tertiary/aromatic N) is 3. The zero-order valence-corrected chi connectivity index (χ0v) is 24.2. The predicted octanol–water partition coefficient (Wildman–Crippen LogP) is 7.36. The van der Waals surface area contributed by atoms with Crippen molar-refractivity contribution in [1.29, 1.82) is 0 Å². The summed E-state index contributed by atoms with van der Waals surface area (Å²) in [6.45, 7) is 11.6. The van der Waals surface area contributed by atoms with Crippen molar-refractivity contribution in [2.24, 2.45) is 0 Å². The van der Waals surface area contributed by atoms with Gasteiger partial charge in [-0.1, -0.05) is 54.6 Å². The molecule has 7 heteroatoms. The summed E-state index contributed by atoms with van der Waals surface area (Å²) < 4.78 is 0. The van der Waals surface area contributed by atoms with Gasteiger partial charge < -0.3 is 10.0 Å². The van der Waals surface area contributed by atoms with Crippen molar-refractivity contribution >= 4 is 34.4 Å². The predicted molar refractivity (Wildman–Crippen MR) is 162 cm³/mol. The molecule has 2 heterocycles. The summed E-state index contributed by atoms with van der Waals surface area (Å²) in [4.78, 5) is 36.8. The summed E-state index contributed by atoms with van der Waals surface area (Å²) in [7, 11) is 0. The number of thiazole rings is 1. The normalized spacial score (nSPS) is 15.2. The Morgan fingerprint density at radius 2 is 1.65 bits per heavy atom. The summed E-state index contributed by atoms with van der Waals surface area (Å²) in [5.74, 6) is -1.48. The maximum atomic E-state index is 14.2. The van der Waals surface area contributed by atoms with Gasteiger partial charge in [0.15, 0.2) is 5.76 Å². The molecule has 0 radical (unpaired) electrons. The highest BCUT2D eigenvalue weighted by molar-refractivity contribution is 7.17. The number of hydrogen-bond donors (Lipinski definition) is 1. The Morgan fingerprint density at radius 3 is 2.30 bits per heavy atom. The monoisotopic (exact) mass is 551 g/mol. The van der Waals surface area contributed by atoms with Gasteiger partial charge in [-0.2, -0.15) is 0 Å². The first-order valence-electron chi connectivity index (χ1n) is 13.5. The van der Waals surface area contributed by atoms with Crippen LogP contribution in [0.25, 0.3) is 10.6 Å². The number of aliphatic hydroxyl groups excluding tert-OH is 1. The Bertz CT molecular complexity index is 1600. The van der Waals surface area contributed by atoms with Gasteiger partial charge in [0.1, 0.15) is 5.01 Å². The maximum Gasteiger partial charge on any atom is 0.294 e. The molecule has 0 saturated heterocycles. The highest BCUT2D eigenvalue weighted by Crippen LogP contribution is 2.44. The van der Waals surface area contributed by atoms with E-state index in [0.29, 0.717) is 16.3 Å². The summed E-state index contributed by atoms with van der Waals surface area (Å²) >= 11 is 1.28. The summed E-state index contributed by atoms with van der Waals surface area (Å²) in [6, 6.07) is 22.7. The molecule has 0 bridgehead atoms. The Balaban J connectivity index is 1.64. The number of aryl methyl sites for hydroxylation is 3. The van der Waals surface area contributed by atoms with Gasteiger partial charge in [0.2, 0.25) is 5.78 Å². The van der Waals surface area contributed by atoms with E-state index in [9.17, 15) is 14.7 Å². The van der Waals surface area contributed by atoms with Crippen LogP contribution in [-0.4, -0.2) is 34.9 Å². The lowest BCUT2D eigenvalue weighted by atomic mass is 9.94. The van der Waals surface area contributed by atoms with Gasteiger partial charge in [-0.25, -0.2) is 4.98 Å². The quantitative estimate of drug-likeness (QED) is 0.232. The molecule has 0 fully saturated rings. The van der Waals surface area contributed by atoms with Crippen LogP contribution in [0.15, 0.2) is 84.1 Å². The molecule has 6 nitrogen and oxygen atoms in total. The van der Waals surface area contributed by atoms with Crippen LogP contribution in [0.5, 0.6) is 0 Å². The van der Waals surface area contributed by atoms with Gasteiger partial charge >= 0.3 is 0 Å². The molecule has 1 aliphatic heterocycles. The van der Waals surface area contributed by atoms with Gasteiger partial charge in [0.05, 0.1) is 22.2 Å². The summed E-state index contributed by atoms with van der Waals surface area (Å²) in [5, 5.41) is 12.0. The molecule has 40 heavy (non-hydrogen) atoms. The van der Waals surface area contributed by atoms with Crippen molar-refractivity contribution < 1.29 is 14.7 Å². The standard InChI is InChI=1S/C33H33N3O3S/c1-6-35(7-2)25-17-15-23(16-18-25)28-27(30(38)33(39)36(28)26-19-20(3)13-14-21(26)4)29(37)31-22(5)34-32(40-31)24-11-9-8-10-12-24/h8-19,28,38H,6-7H2,1-5H3. The van der Waals surface area contributed by atoms with E-state index in [1.807, 2.05) is 86.6 Å². The lowest BCUT2D eigenvalue weighted by molar-refractivity contribution is -0.117. The number of rotatable bonds is 8. The van der Waals surface area contributed by atoms with Crippen LogP contribution in [0, 0.1) is 20.8 Å². The number of amides is 1. The van der Waals surface area contributed by atoms with Gasteiger partial charge in [-0.05, 0) is 69.5 Å². The fraction of sp³-hybridized carbons (Fsp3) is 0.242. The molecule has 0 spiro atoms. The Morgan fingerprint density at radius 1 is 0.975 bits per heavy atom. The third-order valence-corrected chi connectivity index (χ3v) is 8.64. The molecule has 204 valence electrons. The second-order valence-electron chi connectivity index (χ2n) is 10.0. The minimum Gasteiger partial charge on any atom is -0.503 e. The molecular formula is C33H33N3O3S. The Kier molecular flexibility index (Phi) is 7.59. The number of ketones is 1. The highest BCUT2D eigenvalue weighted by Gasteiger charge is 2.45. The van der Waals surface area contributed by atoms with Crippen molar-refractivity contribution in [3.63, 3.8) is 0 Å². The van der Waals surface area contributed by atoms with Crippen molar-refractivity contribution in [3.05, 3.63) is 111 Å². The third kappa shape index (κ3) is 4.82. The second-order valence-corrected chi connectivity index (χ2v) is 11.0. The number of hydrogen-bond acceptors (Lipinski definition) is 6. The second kappa shape index (κ2) is 11.1. The van der Waals surface area contributed by atoms with Gasteiger partial charge in [0, 0.05) is 30.0 Å². The number of anilines is 2. The molecule has 5 rings (SSSR count). The van der Waals surface area contributed by atoms with Crippen LogP contribution in [0.1, 0.15) is 51.9 Å². The largest absolute Gasteiger partial charge is 0.503 e. The molecule has 1 aliphatic rings. The zero-order valence-electron chi connectivity index (χ0n) is 23.4. The molecule has 4 aromatic rings. The first kappa shape index (κ1) is 27.3. The molecule has 1 unspecified atom stereocenters. The molecule has 3 aromatic carbocycles. The number of Topliss-reactive ketones (excluding diaryl/α,β-unsaturated/α-hetero) is 1. The number of aliphatic hydroxyl groups is 1. The van der Waals surface area contributed by atoms with Crippen LogP contribution >= 0.6 is 11.3 Å². The van der Waals surface area contributed by atoms with E-state index in [-0.39, 0.29) is 11.4 Å². The minimum atomic E-state index is -0.784. The lowest BCUT2D eigenvalue weighted by Crippen LogP contribution is -2.31. The highest BCUT2D eigenvalue weighted by atomic mass is 32.1. The minimum absolute atomic E-state index is 0.0767. The molecule has 0 aliphatic carbocycles. The first-order chi connectivity index (χ1) is 19.2. The van der Waals surface area contributed by atoms with Gasteiger partial charge in [-0.15, -0.1) is 11.3 Å². The molecule has 1 aromatic heterocycles. The lowest BCUT2D eigenvalue weighted by Gasteiger charge is -2.29. The Labute approximate surface area is 239 Å². The summed E-state index contributed by atoms with van der Waals surface area (Å²) in [6.07, 6.45) is 0. The number of aromatic nitrogens is 1. The van der Waals surface area contributed by atoms with E-state index < -0.39 is 17.7 Å². The van der Waals surface area contributed by atoms with Crippen LogP contribution in [0.3, 0.4) is 0 Å². The van der Waals surface area contributed by atoms with E-state index in [1.54, 1.807) is 11.8 Å². The topological polar surface area (TPSA) is 73.7 Å². The molecule has 1 N–H and O–H groups in total. The average molecular weight is 552 g/mol. The SMILES string of the molecule is CCN(CC)c1ccc(C2C(C(=O)c3sc(-c4ccccc4)nc3C)=C(O)C(=O)N2c2cc(C)ccc2C)cc1. The van der Waals surface area contributed by atoms with E-state index >= 15 is 0 Å². The Hall–Kier alpha value is -4.23. The van der Waals surface area contributed by atoms with Crippen LogP contribution in [-0.2, 0) is 4.79 Å². The van der Waals surface area contributed by atoms with Crippen molar-refractivity contribution in [2.75, 3.05) is 22.9 Å². The van der Waals surface area contributed by atoms with Crippen LogP contribution < -0.4 is 9.80 Å². The van der Waals surface area contributed by atoms with Crippen LogP contribution in [0.2, 0.25) is 0 Å². The summed E-state index contributed by atoms with van der Waals surface area (Å²) in [5.41, 5.74) is 5.90. The zero-order chi connectivity index (χ0) is 28.6. The van der Waals surface area contributed by atoms with Crippen molar-refractivity contribution in [1.82, 2.24) is 4.98 Å². The fourth-order valence-corrected chi connectivity index (χ4v) is 6.30. The molecular weight excluding hydrogens is 518 g/mol. The fourth-order valence-electron chi connectivity index (χ4n) is 5.27. The van der Waals surface area contributed by atoms with Gasteiger partial charge in [0.25, 0.3) is 5.91 Å². The number of benzene rings is 3. The van der Waals surface area contributed by atoms with Crippen LogP contribution in [0.4, 0.5) is 11.4 Å². The van der Waals surface area contributed by atoms with Crippen molar-refractivity contribution in [3.8, 4) is 10.6 Å². The van der Waals surface area contributed by atoms with E-state index in [1.165, 1.54) is 11.3 Å². The number of carbonyl (C=O) groups is 2. The first-order valence-corrected chi connectivity index (χ1v) is 14.3. The van der Waals surface area contributed by atoms with Gasteiger partial charge in [-0.3, -0.25) is 14.5 Å².